The summed E-state index contributed by atoms with van der Waals surface area (Å²) in [6, 6.07) is 8.67. The van der Waals surface area contributed by atoms with Crippen LogP contribution in [-0.2, 0) is 0 Å². The number of nitrogens with zero attached hydrogens (tertiary/aromatic N) is 3. The molecule has 1 fully saturated rings. The number of hydrogen-bond acceptors (Lipinski definition) is 6. The van der Waals surface area contributed by atoms with Crippen LogP contribution < -0.4 is 26.2 Å². The number of pyridine rings is 2. The highest BCUT2D eigenvalue weighted by Gasteiger charge is 2.17. The predicted molar refractivity (Wildman–Crippen MR) is 121 cm³/mol. The quantitative estimate of drug-likeness (QED) is 0.473. The lowest BCUT2D eigenvalue weighted by atomic mass is 10.2. The van der Waals surface area contributed by atoms with Crippen LogP contribution in [0.5, 0.6) is 0 Å². The van der Waals surface area contributed by atoms with Crippen LogP contribution in [0, 0.1) is 11.6 Å². The van der Waals surface area contributed by atoms with Crippen LogP contribution in [0.15, 0.2) is 54.9 Å². The molecule has 1 aliphatic heterocycles. The predicted octanol–water partition coefficient (Wildman–Crippen LogP) is 3.06. The lowest BCUT2D eigenvalue weighted by Crippen LogP contribution is -2.43. The lowest BCUT2D eigenvalue weighted by molar-refractivity contribution is 0.102. The largest absolute Gasteiger partial charge is 0.367 e. The Labute approximate surface area is 188 Å². The van der Waals surface area contributed by atoms with Crippen LogP contribution in [-0.4, -0.2) is 48.1 Å². The molecule has 33 heavy (non-hydrogen) atoms. The second kappa shape index (κ2) is 10.0. The number of nitrogens with one attached hydrogen (secondary N) is 4. The summed E-state index contributed by atoms with van der Waals surface area (Å²) in [6.45, 7) is 3.30. The van der Waals surface area contributed by atoms with Crippen molar-refractivity contribution in [2.24, 2.45) is 0 Å². The van der Waals surface area contributed by atoms with Crippen LogP contribution >= 0.6 is 0 Å². The third-order valence-electron chi connectivity index (χ3n) is 4.90. The molecule has 4 N–H and O–H groups in total. The Balaban J connectivity index is 1.43. The van der Waals surface area contributed by atoms with E-state index < -0.39 is 23.6 Å². The van der Waals surface area contributed by atoms with Gasteiger partial charge in [0.2, 0.25) is 0 Å². The highest BCUT2D eigenvalue weighted by molar-refractivity contribution is 6.05. The molecule has 1 aliphatic rings. The van der Waals surface area contributed by atoms with E-state index in [0.717, 1.165) is 44.0 Å². The van der Waals surface area contributed by atoms with Gasteiger partial charge in [-0.05, 0) is 30.3 Å². The molecule has 3 amide bonds. The van der Waals surface area contributed by atoms with E-state index in [2.05, 4.69) is 36.1 Å². The van der Waals surface area contributed by atoms with Crippen molar-refractivity contribution >= 4 is 34.8 Å². The van der Waals surface area contributed by atoms with Gasteiger partial charge in [-0.2, -0.15) is 0 Å². The normalized spacial score (nSPS) is 13.3. The van der Waals surface area contributed by atoms with E-state index in [1.807, 2.05) is 6.07 Å². The maximum absolute atomic E-state index is 13.3. The van der Waals surface area contributed by atoms with E-state index in [0.29, 0.717) is 5.69 Å². The Bertz CT molecular complexity index is 1170. The number of urea groups is 1. The van der Waals surface area contributed by atoms with E-state index in [1.165, 1.54) is 18.2 Å². The zero-order valence-corrected chi connectivity index (χ0v) is 17.4. The number of piperazine rings is 1. The first-order valence-electron chi connectivity index (χ1n) is 10.2. The number of amides is 3. The maximum atomic E-state index is 13.3. The Morgan fingerprint density at radius 1 is 0.970 bits per heavy atom. The average molecular weight is 453 g/mol. The van der Waals surface area contributed by atoms with Gasteiger partial charge in [-0.25, -0.2) is 18.6 Å². The molecule has 3 heterocycles. The third-order valence-corrected chi connectivity index (χ3v) is 4.90. The summed E-state index contributed by atoms with van der Waals surface area (Å²) < 4.78 is 26.3. The van der Waals surface area contributed by atoms with Gasteiger partial charge in [-0.3, -0.25) is 15.1 Å². The third kappa shape index (κ3) is 5.57. The fourth-order valence-electron chi connectivity index (χ4n) is 3.33. The van der Waals surface area contributed by atoms with Gasteiger partial charge < -0.3 is 20.9 Å². The standard InChI is InChI=1S/C22H21F2N7O2/c23-15-5-4-14(12-16(15)24)27-22(33)30-20-3-1-2-17(28-20)21(32)29-18-13-26-7-6-19(18)31-10-8-25-9-11-31/h1-7,12-13,25H,8-11H2,(H,29,32)(H2,27,28,30,33). The second-order valence-electron chi connectivity index (χ2n) is 7.20. The van der Waals surface area contributed by atoms with Crippen molar-refractivity contribution in [3.05, 3.63) is 72.2 Å². The maximum Gasteiger partial charge on any atom is 0.324 e. The van der Waals surface area contributed by atoms with Crippen molar-refractivity contribution in [1.82, 2.24) is 15.3 Å². The summed E-state index contributed by atoms with van der Waals surface area (Å²) in [5.41, 5.74) is 1.56. The zero-order valence-electron chi connectivity index (χ0n) is 17.4. The minimum absolute atomic E-state index is 0.0670. The fraction of sp³-hybridized carbons (Fsp3) is 0.182. The van der Waals surface area contributed by atoms with Crippen LogP contribution in [0.3, 0.4) is 0 Å². The summed E-state index contributed by atoms with van der Waals surface area (Å²) in [6.07, 6.45) is 3.24. The topological polar surface area (TPSA) is 111 Å². The fourth-order valence-corrected chi connectivity index (χ4v) is 3.33. The Morgan fingerprint density at radius 3 is 2.58 bits per heavy atom. The van der Waals surface area contributed by atoms with Gasteiger partial charge in [0.25, 0.3) is 5.91 Å². The Kier molecular flexibility index (Phi) is 6.69. The first-order chi connectivity index (χ1) is 16.0. The van der Waals surface area contributed by atoms with Crippen molar-refractivity contribution in [2.75, 3.05) is 47.0 Å². The molecule has 0 aliphatic carbocycles. The smallest absolute Gasteiger partial charge is 0.324 e. The molecule has 2 aromatic heterocycles. The molecule has 0 atom stereocenters. The molecule has 1 saturated heterocycles. The molecule has 0 saturated carbocycles. The molecule has 1 aromatic carbocycles. The first-order valence-corrected chi connectivity index (χ1v) is 10.2. The van der Waals surface area contributed by atoms with E-state index in [1.54, 1.807) is 18.5 Å². The second-order valence-corrected chi connectivity index (χ2v) is 7.20. The van der Waals surface area contributed by atoms with Gasteiger partial charge in [0.15, 0.2) is 11.6 Å². The average Bonchev–Trinajstić information content (AvgIpc) is 2.82. The Hall–Kier alpha value is -4.12. The van der Waals surface area contributed by atoms with Crippen molar-refractivity contribution in [3.8, 4) is 0 Å². The first kappa shape index (κ1) is 22.1. The van der Waals surface area contributed by atoms with E-state index >= 15 is 0 Å². The summed E-state index contributed by atoms with van der Waals surface area (Å²) in [7, 11) is 0. The molecular weight excluding hydrogens is 432 g/mol. The molecular formula is C22H21F2N7O2. The van der Waals surface area contributed by atoms with E-state index in [9.17, 15) is 18.4 Å². The number of benzene rings is 1. The van der Waals surface area contributed by atoms with Crippen LogP contribution in [0.25, 0.3) is 0 Å². The van der Waals surface area contributed by atoms with Crippen molar-refractivity contribution in [1.29, 1.82) is 0 Å². The van der Waals surface area contributed by atoms with E-state index in [-0.39, 0.29) is 17.2 Å². The Morgan fingerprint density at radius 2 is 1.79 bits per heavy atom. The number of carbonyl (C=O) groups excluding carboxylic acids is 2. The summed E-state index contributed by atoms with van der Waals surface area (Å²) in [4.78, 5) is 35.4. The van der Waals surface area contributed by atoms with Crippen LogP contribution in [0.1, 0.15) is 10.5 Å². The molecule has 3 aromatic rings. The van der Waals surface area contributed by atoms with Gasteiger partial charge in [-0.15, -0.1) is 0 Å². The summed E-state index contributed by atoms with van der Waals surface area (Å²) in [5.74, 6) is -2.46. The zero-order chi connectivity index (χ0) is 23.2. The van der Waals surface area contributed by atoms with Crippen molar-refractivity contribution in [3.63, 3.8) is 0 Å². The van der Waals surface area contributed by atoms with Gasteiger partial charge in [0, 0.05) is 44.1 Å². The molecule has 0 radical (unpaired) electrons. The van der Waals surface area contributed by atoms with Gasteiger partial charge in [0.1, 0.15) is 11.5 Å². The SMILES string of the molecule is O=C(Nc1ccc(F)c(F)c1)Nc1cccc(C(=O)Nc2cnccc2N2CCNCC2)n1. The highest BCUT2D eigenvalue weighted by Crippen LogP contribution is 2.25. The molecule has 4 rings (SSSR count). The van der Waals surface area contributed by atoms with Gasteiger partial charge >= 0.3 is 6.03 Å². The number of carbonyl (C=O) groups is 2. The molecule has 0 bridgehead atoms. The highest BCUT2D eigenvalue weighted by atomic mass is 19.2. The number of halogens is 2. The lowest BCUT2D eigenvalue weighted by Gasteiger charge is -2.30. The minimum Gasteiger partial charge on any atom is -0.367 e. The minimum atomic E-state index is -1.08. The van der Waals surface area contributed by atoms with E-state index in [4.69, 9.17) is 0 Å². The molecule has 170 valence electrons. The summed E-state index contributed by atoms with van der Waals surface area (Å²) in [5, 5.41) is 10.9. The van der Waals surface area contributed by atoms with Crippen molar-refractivity contribution in [2.45, 2.75) is 0 Å². The number of hydrogen-bond donors (Lipinski definition) is 4. The van der Waals surface area contributed by atoms with Crippen LogP contribution in [0.4, 0.5) is 36.5 Å². The number of anilines is 4. The molecule has 11 heteroatoms. The molecule has 9 nitrogen and oxygen atoms in total. The number of aromatic nitrogens is 2. The monoisotopic (exact) mass is 453 g/mol. The molecule has 0 spiro atoms. The molecule has 0 unspecified atom stereocenters. The van der Waals surface area contributed by atoms with Gasteiger partial charge in [0.05, 0.1) is 17.6 Å². The summed E-state index contributed by atoms with van der Waals surface area (Å²) >= 11 is 0. The van der Waals surface area contributed by atoms with Crippen LogP contribution in [0.2, 0.25) is 0 Å². The number of rotatable bonds is 5. The van der Waals surface area contributed by atoms with Gasteiger partial charge in [-0.1, -0.05) is 6.07 Å². The van der Waals surface area contributed by atoms with Crippen molar-refractivity contribution < 1.29 is 18.4 Å².